The molecule has 1 amide bonds. The lowest BCUT2D eigenvalue weighted by Crippen LogP contribution is -2.37. The van der Waals surface area contributed by atoms with Crippen LogP contribution in [0.15, 0.2) is 30.3 Å². The predicted molar refractivity (Wildman–Crippen MR) is 118 cm³/mol. The largest absolute Gasteiger partial charge is 0.341 e. The Balaban J connectivity index is 1.54. The van der Waals surface area contributed by atoms with Crippen LogP contribution in [0.5, 0.6) is 0 Å². The normalized spacial score (nSPS) is 18.4. The molecule has 160 valence electrons. The zero-order valence-electron chi connectivity index (χ0n) is 18.0. The van der Waals surface area contributed by atoms with Crippen molar-refractivity contribution in [3.8, 4) is 0 Å². The Kier molecular flexibility index (Phi) is 5.56. The van der Waals surface area contributed by atoms with Crippen molar-refractivity contribution < 1.29 is 13.6 Å². The lowest BCUT2D eigenvalue weighted by atomic mass is 9.79. The van der Waals surface area contributed by atoms with E-state index in [0.717, 1.165) is 41.9 Å². The maximum Gasteiger partial charge on any atom is 0.248 e. The molecule has 0 saturated heterocycles. The van der Waals surface area contributed by atoms with Crippen LogP contribution in [0.2, 0.25) is 0 Å². The SMILES string of the molecule is Cc1ccc2c(c1)CCCCN2c1cc(C)c(NC(=O)CC2CC(F)(F)C2)c(C)c1. The van der Waals surface area contributed by atoms with Crippen LogP contribution in [-0.4, -0.2) is 18.4 Å². The van der Waals surface area contributed by atoms with Crippen LogP contribution >= 0.6 is 0 Å². The van der Waals surface area contributed by atoms with Crippen molar-refractivity contribution >= 4 is 23.0 Å². The van der Waals surface area contributed by atoms with E-state index >= 15 is 0 Å². The number of halogens is 2. The summed E-state index contributed by atoms with van der Waals surface area (Å²) in [6, 6.07) is 10.9. The fourth-order valence-electron chi connectivity index (χ4n) is 4.83. The summed E-state index contributed by atoms with van der Waals surface area (Å²) >= 11 is 0. The summed E-state index contributed by atoms with van der Waals surface area (Å²) in [6.45, 7) is 7.09. The van der Waals surface area contributed by atoms with Crippen molar-refractivity contribution in [2.75, 3.05) is 16.8 Å². The summed E-state index contributed by atoms with van der Waals surface area (Å²) in [7, 11) is 0. The smallest absolute Gasteiger partial charge is 0.248 e. The standard InChI is InChI=1S/C25H30F2N2O/c1-16-7-8-22-20(10-16)6-4-5-9-29(22)21-11-17(2)24(18(3)12-21)28-23(30)13-19-14-25(26,27)15-19/h7-8,10-12,19H,4-6,9,13-15H2,1-3H3,(H,28,30). The van der Waals surface area contributed by atoms with Crippen LogP contribution in [0.25, 0.3) is 0 Å². The van der Waals surface area contributed by atoms with Gasteiger partial charge in [0.15, 0.2) is 0 Å². The zero-order chi connectivity index (χ0) is 21.5. The summed E-state index contributed by atoms with van der Waals surface area (Å²) in [6.07, 6.45) is 3.22. The Bertz CT molecular complexity index is 939. The highest BCUT2D eigenvalue weighted by Gasteiger charge is 2.45. The van der Waals surface area contributed by atoms with Crippen LogP contribution in [0.1, 0.15) is 54.4 Å². The molecule has 1 fully saturated rings. The number of anilines is 3. The van der Waals surface area contributed by atoms with E-state index in [2.05, 4.69) is 47.5 Å². The van der Waals surface area contributed by atoms with Gasteiger partial charge >= 0.3 is 0 Å². The van der Waals surface area contributed by atoms with Gasteiger partial charge in [-0.2, -0.15) is 0 Å². The minimum Gasteiger partial charge on any atom is -0.341 e. The first-order valence-corrected chi connectivity index (χ1v) is 10.9. The van der Waals surface area contributed by atoms with Crippen molar-refractivity contribution in [2.24, 2.45) is 5.92 Å². The second-order valence-corrected chi connectivity index (χ2v) is 9.08. The number of hydrogen-bond donors (Lipinski definition) is 1. The molecule has 2 aromatic carbocycles. The summed E-state index contributed by atoms with van der Waals surface area (Å²) < 4.78 is 26.1. The van der Waals surface area contributed by atoms with Crippen molar-refractivity contribution in [3.63, 3.8) is 0 Å². The van der Waals surface area contributed by atoms with Crippen molar-refractivity contribution in [1.29, 1.82) is 0 Å². The Hall–Kier alpha value is -2.43. The van der Waals surface area contributed by atoms with Gasteiger partial charge in [-0.25, -0.2) is 8.78 Å². The maximum atomic E-state index is 13.0. The van der Waals surface area contributed by atoms with E-state index in [-0.39, 0.29) is 31.1 Å². The van der Waals surface area contributed by atoms with E-state index in [9.17, 15) is 13.6 Å². The number of carbonyl (C=O) groups is 1. The molecule has 2 aliphatic rings. The van der Waals surface area contributed by atoms with E-state index < -0.39 is 5.92 Å². The minimum absolute atomic E-state index is 0.162. The topological polar surface area (TPSA) is 32.3 Å². The van der Waals surface area contributed by atoms with Crippen LogP contribution in [-0.2, 0) is 11.2 Å². The average Bonchev–Trinajstić information content (AvgIpc) is 2.85. The molecule has 0 bridgehead atoms. The molecule has 30 heavy (non-hydrogen) atoms. The van der Waals surface area contributed by atoms with Gasteiger partial charge in [-0.05, 0) is 80.8 Å². The van der Waals surface area contributed by atoms with Crippen molar-refractivity contribution in [2.45, 2.75) is 65.2 Å². The highest BCUT2D eigenvalue weighted by molar-refractivity contribution is 5.93. The number of nitrogens with zero attached hydrogens (tertiary/aromatic N) is 1. The molecular formula is C25H30F2N2O. The number of rotatable bonds is 4. The van der Waals surface area contributed by atoms with Gasteiger partial charge in [-0.15, -0.1) is 0 Å². The maximum absolute atomic E-state index is 13.0. The van der Waals surface area contributed by atoms with Crippen LogP contribution < -0.4 is 10.2 Å². The molecule has 0 radical (unpaired) electrons. The zero-order valence-corrected chi connectivity index (χ0v) is 18.0. The summed E-state index contributed by atoms with van der Waals surface area (Å²) in [5.74, 6) is -2.97. The van der Waals surface area contributed by atoms with Gasteiger partial charge in [0.25, 0.3) is 0 Å². The van der Waals surface area contributed by atoms with E-state index in [4.69, 9.17) is 0 Å². The molecule has 1 aliphatic carbocycles. The van der Waals surface area contributed by atoms with Crippen molar-refractivity contribution in [1.82, 2.24) is 0 Å². The van der Waals surface area contributed by atoms with Gasteiger partial charge in [-0.3, -0.25) is 4.79 Å². The van der Waals surface area contributed by atoms with E-state index in [1.165, 1.54) is 23.2 Å². The fourth-order valence-corrected chi connectivity index (χ4v) is 4.83. The molecule has 0 atom stereocenters. The molecule has 3 nitrogen and oxygen atoms in total. The third-order valence-electron chi connectivity index (χ3n) is 6.35. The van der Waals surface area contributed by atoms with Crippen LogP contribution in [0, 0.1) is 26.7 Å². The molecule has 2 aromatic rings. The minimum atomic E-state index is -2.58. The van der Waals surface area contributed by atoms with E-state index in [0.29, 0.717) is 0 Å². The molecule has 0 unspecified atom stereocenters. The fraction of sp³-hybridized carbons (Fsp3) is 0.480. The van der Waals surface area contributed by atoms with Crippen molar-refractivity contribution in [3.05, 3.63) is 52.6 Å². The molecule has 1 heterocycles. The highest BCUT2D eigenvalue weighted by Crippen LogP contribution is 2.44. The van der Waals surface area contributed by atoms with E-state index in [1.807, 2.05) is 13.8 Å². The molecule has 0 aromatic heterocycles. The number of carbonyl (C=O) groups excluding carboxylic acids is 1. The Morgan fingerprint density at radius 3 is 2.47 bits per heavy atom. The lowest BCUT2D eigenvalue weighted by molar-refractivity contribution is -0.129. The molecule has 4 rings (SSSR count). The number of amides is 1. The lowest BCUT2D eigenvalue weighted by Gasteiger charge is -2.34. The Labute approximate surface area is 177 Å². The molecule has 1 aliphatic heterocycles. The molecule has 5 heteroatoms. The van der Waals surface area contributed by atoms with Crippen LogP contribution in [0.4, 0.5) is 25.8 Å². The third-order valence-corrected chi connectivity index (χ3v) is 6.35. The highest BCUT2D eigenvalue weighted by atomic mass is 19.3. The second kappa shape index (κ2) is 8.01. The first-order chi connectivity index (χ1) is 14.2. The number of nitrogens with one attached hydrogen (secondary N) is 1. The molecule has 0 spiro atoms. The molecular weight excluding hydrogens is 382 g/mol. The van der Waals surface area contributed by atoms with Gasteiger partial charge < -0.3 is 10.2 Å². The Morgan fingerprint density at radius 1 is 1.10 bits per heavy atom. The Morgan fingerprint density at radius 2 is 1.80 bits per heavy atom. The summed E-state index contributed by atoms with van der Waals surface area (Å²) in [5.41, 5.74) is 7.86. The number of aryl methyl sites for hydroxylation is 4. The first-order valence-electron chi connectivity index (χ1n) is 10.9. The van der Waals surface area contributed by atoms with Gasteiger partial charge in [0.2, 0.25) is 11.8 Å². The quantitative estimate of drug-likeness (QED) is 0.625. The second-order valence-electron chi connectivity index (χ2n) is 9.08. The third kappa shape index (κ3) is 4.35. The number of alkyl halides is 2. The first kappa shape index (κ1) is 20.8. The van der Waals surface area contributed by atoms with Gasteiger partial charge in [-0.1, -0.05) is 17.7 Å². The van der Waals surface area contributed by atoms with Gasteiger partial charge in [0.05, 0.1) is 0 Å². The number of fused-ring (bicyclic) bond motifs is 1. The van der Waals surface area contributed by atoms with Gasteiger partial charge in [0, 0.05) is 42.9 Å². The summed E-state index contributed by atoms with van der Waals surface area (Å²) in [5, 5.41) is 2.97. The number of benzene rings is 2. The van der Waals surface area contributed by atoms with Crippen LogP contribution in [0.3, 0.4) is 0 Å². The predicted octanol–water partition coefficient (Wildman–Crippen LogP) is 6.46. The average molecular weight is 413 g/mol. The molecule has 1 saturated carbocycles. The number of hydrogen-bond acceptors (Lipinski definition) is 2. The molecule has 1 N–H and O–H groups in total. The van der Waals surface area contributed by atoms with Gasteiger partial charge in [0.1, 0.15) is 0 Å². The van der Waals surface area contributed by atoms with E-state index in [1.54, 1.807) is 0 Å². The monoisotopic (exact) mass is 412 g/mol. The summed E-state index contributed by atoms with van der Waals surface area (Å²) in [4.78, 5) is 14.8.